The smallest absolute Gasteiger partial charge is 0.267 e. The molecule has 0 saturated heterocycles. The number of hydrogen-bond acceptors (Lipinski definition) is 3. The summed E-state index contributed by atoms with van der Waals surface area (Å²) in [6.45, 7) is 4.09. The number of rotatable bonds is 6. The molecule has 3 aromatic rings. The summed E-state index contributed by atoms with van der Waals surface area (Å²) in [6.07, 6.45) is 0. The van der Waals surface area contributed by atoms with E-state index in [1.165, 1.54) is 6.07 Å². The highest BCUT2D eigenvalue weighted by Crippen LogP contribution is 2.42. The summed E-state index contributed by atoms with van der Waals surface area (Å²) >= 11 is 0. The Morgan fingerprint density at radius 1 is 1.10 bits per heavy atom. The second-order valence-corrected chi connectivity index (χ2v) is 7.94. The van der Waals surface area contributed by atoms with Crippen molar-refractivity contribution in [2.24, 2.45) is 5.92 Å². The molecule has 4 nitrogen and oxygen atoms in total. The van der Waals surface area contributed by atoms with Crippen LogP contribution >= 0.6 is 0 Å². The van der Waals surface area contributed by atoms with Crippen LogP contribution in [-0.4, -0.2) is 23.0 Å². The lowest BCUT2D eigenvalue weighted by molar-refractivity contribution is -0.456. The molecule has 0 bridgehead atoms. The SMILES string of the molecule is Cc1cc(C2=C(C(C)CO)C[N+](=O)c3cc(OCc4ccccc4)ccc32)ccc1F. The molecule has 1 unspecified atom stereocenters. The third-order valence-corrected chi connectivity index (χ3v) is 5.71. The normalized spacial score (nSPS) is 14.4. The average Bonchev–Trinajstić information content (AvgIpc) is 2.79. The molecule has 158 valence electrons. The molecule has 5 heteroatoms. The molecule has 1 aliphatic rings. The van der Waals surface area contributed by atoms with Crippen molar-refractivity contribution in [2.75, 3.05) is 13.2 Å². The van der Waals surface area contributed by atoms with E-state index in [1.54, 1.807) is 25.1 Å². The number of aliphatic hydroxyl groups excluding tert-OH is 1. The van der Waals surface area contributed by atoms with Crippen LogP contribution in [0.4, 0.5) is 10.1 Å². The zero-order valence-corrected chi connectivity index (χ0v) is 17.6. The third kappa shape index (κ3) is 4.28. The number of benzene rings is 3. The van der Waals surface area contributed by atoms with Crippen LogP contribution in [0.25, 0.3) is 5.57 Å². The Morgan fingerprint density at radius 3 is 2.58 bits per heavy atom. The summed E-state index contributed by atoms with van der Waals surface area (Å²) in [7, 11) is 0. The topological polar surface area (TPSA) is 49.5 Å². The Labute approximate surface area is 181 Å². The molecule has 0 fully saturated rings. The maximum atomic E-state index is 13.9. The van der Waals surface area contributed by atoms with Gasteiger partial charge in [-0.25, -0.2) is 4.39 Å². The van der Waals surface area contributed by atoms with Gasteiger partial charge in [0.2, 0.25) is 6.54 Å². The maximum Gasteiger partial charge on any atom is 0.267 e. The fourth-order valence-corrected chi connectivity index (χ4v) is 3.91. The van der Waals surface area contributed by atoms with E-state index < -0.39 is 0 Å². The van der Waals surface area contributed by atoms with Crippen molar-refractivity contribution in [1.82, 2.24) is 0 Å². The Kier molecular flexibility index (Phi) is 5.96. The molecular weight excluding hydrogens is 393 g/mol. The summed E-state index contributed by atoms with van der Waals surface area (Å²) in [4.78, 5) is 12.9. The van der Waals surface area contributed by atoms with E-state index >= 15 is 0 Å². The number of hydrogen-bond donors (Lipinski definition) is 1. The van der Waals surface area contributed by atoms with Gasteiger partial charge in [0, 0.05) is 33.3 Å². The Hall–Kier alpha value is -3.31. The second kappa shape index (κ2) is 8.82. The van der Waals surface area contributed by atoms with E-state index in [2.05, 4.69) is 0 Å². The van der Waals surface area contributed by atoms with E-state index in [4.69, 9.17) is 4.74 Å². The third-order valence-electron chi connectivity index (χ3n) is 5.71. The largest absolute Gasteiger partial charge is 0.489 e. The lowest BCUT2D eigenvalue weighted by atomic mass is 9.84. The van der Waals surface area contributed by atoms with Crippen LogP contribution in [-0.2, 0) is 6.61 Å². The van der Waals surface area contributed by atoms with Gasteiger partial charge in [-0.3, -0.25) is 0 Å². The van der Waals surface area contributed by atoms with E-state index in [0.717, 1.165) is 32.6 Å². The molecule has 1 N–H and O–H groups in total. The minimum absolute atomic E-state index is 0.0690. The monoisotopic (exact) mass is 418 g/mol. The highest BCUT2D eigenvalue weighted by atomic mass is 19.1. The number of aliphatic hydroxyl groups is 1. The highest BCUT2D eigenvalue weighted by Gasteiger charge is 2.34. The van der Waals surface area contributed by atoms with Gasteiger partial charge in [-0.15, -0.1) is 0 Å². The van der Waals surface area contributed by atoms with Gasteiger partial charge in [0.05, 0.1) is 11.6 Å². The quantitative estimate of drug-likeness (QED) is 0.533. The fraction of sp³-hybridized carbons (Fsp3) is 0.231. The van der Waals surface area contributed by atoms with Crippen molar-refractivity contribution in [3.8, 4) is 5.75 Å². The fourth-order valence-electron chi connectivity index (χ4n) is 3.91. The predicted octanol–water partition coefficient (Wildman–Crippen LogP) is 5.57. The zero-order valence-electron chi connectivity index (χ0n) is 17.6. The van der Waals surface area contributed by atoms with Gasteiger partial charge in [-0.05, 0) is 47.9 Å². The molecule has 1 heterocycles. The second-order valence-electron chi connectivity index (χ2n) is 7.94. The molecule has 4 rings (SSSR count). The molecule has 0 aromatic heterocycles. The van der Waals surface area contributed by atoms with Gasteiger partial charge in [0.15, 0.2) is 0 Å². The highest BCUT2D eigenvalue weighted by molar-refractivity contribution is 5.88. The molecule has 0 aliphatic carbocycles. The number of fused-ring (bicyclic) bond motifs is 1. The number of nitroso groups, excluding NO2 is 1. The predicted molar refractivity (Wildman–Crippen MR) is 119 cm³/mol. The van der Waals surface area contributed by atoms with Gasteiger partial charge < -0.3 is 9.84 Å². The summed E-state index contributed by atoms with van der Waals surface area (Å²) in [5.41, 5.74) is 5.40. The first-order valence-corrected chi connectivity index (χ1v) is 10.3. The van der Waals surface area contributed by atoms with E-state index in [9.17, 15) is 14.4 Å². The van der Waals surface area contributed by atoms with Crippen molar-refractivity contribution >= 4 is 11.3 Å². The van der Waals surface area contributed by atoms with Crippen LogP contribution in [0.2, 0.25) is 0 Å². The molecular formula is C26H25FNO3+. The Bertz CT molecular complexity index is 1150. The minimum atomic E-state index is -0.271. The van der Waals surface area contributed by atoms with Crippen LogP contribution in [0.15, 0.2) is 72.3 Å². The Morgan fingerprint density at radius 2 is 1.87 bits per heavy atom. The van der Waals surface area contributed by atoms with Gasteiger partial charge in [0.1, 0.15) is 18.2 Å². The first-order valence-electron chi connectivity index (χ1n) is 10.3. The summed E-state index contributed by atoms with van der Waals surface area (Å²) in [5.74, 6) is 0.142. The van der Waals surface area contributed by atoms with Gasteiger partial charge in [-0.1, -0.05) is 43.3 Å². The van der Waals surface area contributed by atoms with E-state index in [0.29, 0.717) is 23.6 Å². The summed E-state index contributed by atoms with van der Waals surface area (Å²) in [6, 6.07) is 20.3. The lowest BCUT2D eigenvalue weighted by Crippen LogP contribution is -2.22. The minimum Gasteiger partial charge on any atom is -0.489 e. The van der Waals surface area contributed by atoms with E-state index in [1.807, 2.05) is 49.4 Å². The van der Waals surface area contributed by atoms with Gasteiger partial charge >= 0.3 is 0 Å². The lowest BCUT2D eigenvalue weighted by Gasteiger charge is -2.22. The maximum absolute atomic E-state index is 13.9. The summed E-state index contributed by atoms with van der Waals surface area (Å²) < 4.78 is 20.7. The number of ether oxygens (including phenoxy) is 1. The van der Waals surface area contributed by atoms with E-state index in [-0.39, 0.29) is 24.9 Å². The Balaban J connectivity index is 1.76. The summed E-state index contributed by atoms with van der Waals surface area (Å²) in [5, 5.41) is 9.77. The van der Waals surface area contributed by atoms with Crippen LogP contribution in [0.5, 0.6) is 5.75 Å². The van der Waals surface area contributed by atoms with Crippen molar-refractivity contribution < 1.29 is 19.0 Å². The zero-order chi connectivity index (χ0) is 22.0. The van der Waals surface area contributed by atoms with Gasteiger partial charge in [0.25, 0.3) is 5.69 Å². The molecule has 0 spiro atoms. The first-order chi connectivity index (χ1) is 15.0. The first kappa shape index (κ1) is 20.9. The molecule has 3 aromatic carbocycles. The van der Waals surface area contributed by atoms with Crippen LogP contribution < -0.4 is 4.74 Å². The van der Waals surface area contributed by atoms with Gasteiger partial charge in [-0.2, -0.15) is 0 Å². The van der Waals surface area contributed by atoms with Crippen LogP contribution in [0, 0.1) is 23.6 Å². The number of aryl methyl sites for hydroxylation is 1. The standard InChI is InChI=1S/C26H25FNO3/c1-17-12-20(8-11-24(17)27)26-22-10-9-21(31-16-19-6-4-3-5-7-19)13-25(22)28(30)14-23(26)18(2)15-29/h3-13,18,29H,14-16H2,1-2H3/q+1. The van der Waals surface area contributed by atoms with Crippen molar-refractivity contribution in [2.45, 2.75) is 20.5 Å². The van der Waals surface area contributed by atoms with Crippen molar-refractivity contribution in [3.05, 3.63) is 105 Å². The molecule has 1 aliphatic heterocycles. The average molecular weight is 418 g/mol. The number of halogens is 1. The molecule has 1 atom stereocenters. The number of nitrogens with zero attached hydrogens (tertiary/aromatic N) is 1. The van der Waals surface area contributed by atoms with Crippen molar-refractivity contribution in [1.29, 1.82) is 0 Å². The molecule has 0 saturated carbocycles. The van der Waals surface area contributed by atoms with Crippen LogP contribution in [0.1, 0.15) is 29.2 Å². The molecule has 0 radical (unpaired) electrons. The molecule has 0 amide bonds. The van der Waals surface area contributed by atoms with Crippen LogP contribution in [0.3, 0.4) is 0 Å². The van der Waals surface area contributed by atoms with Crippen molar-refractivity contribution in [3.63, 3.8) is 0 Å². The molecule has 31 heavy (non-hydrogen) atoms.